The number of para-hydroxylation sites is 1. The standard InChI is InChI=1S/C15H20N2O2/c1-2-16(13-6-4-3-5-7-13)12-15(19)17-10-8-14(18)9-11-17/h3-7H,2,8-12H2,1H3. The van der Waals surface area contributed by atoms with Gasteiger partial charge in [0.1, 0.15) is 5.78 Å². The van der Waals surface area contributed by atoms with E-state index in [0.29, 0.717) is 32.5 Å². The van der Waals surface area contributed by atoms with Crippen LogP contribution in [0.15, 0.2) is 30.3 Å². The maximum atomic E-state index is 12.2. The van der Waals surface area contributed by atoms with E-state index in [4.69, 9.17) is 0 Å². The van der Waals surface area contributed by atoms with Crippen LogP contribution in [0.4, 0.5) is 5.69 Å². The third-order valence-electron chi connectivity index (χ3n) is 3.50. The molecule has 102 valence electrons. The van der Waals surface area contributed by atoms with Crippen molar-refractivity contribution in [2.75, 3.05) is 31.1 Å². The van der Waals surface area contributed by atoms with Crippen molar-refractivity contribution in [1.82, 2.24) is 4.90 Å². The van der Waals surface area contributed by atoms with Gasteiger partial charge in [-0.15, -0.1) is 0 Å². The SMILES string of the molecule is CCN(CC(=O)N1CCC(=O)CC1)c1ccccc1. The predicted molar refractivity (Wildman–Crippen MR) is 75.2 cm³/mol. The molecule has 0 spiro atoms. The van der Waals surface area contributed by atoms with Crippen LogP contribution in [0.3, 0.4) is 0 Å². The molecule has 1 aromatic carbocycles. The number of likely N-dealkylation sites (N-methyl/N-ethyl adjacent to an activating group) is 1. The third-order valence-corrected chi connectivity index (χ3v) is 3.50. The van der Waals surface area contributed by atoms with E-state index in [0.717, 1.165) is 12.2 Å². The van der Waals surface area contributed by atoms with Crippen molar-refractivity contribution in [1.29, 1.82) is 0 Å². The molecule has 0 aliphatic carbocycles. The Balaban J connectivity index is 1.95. The van der Waals surface area contributed by atoms with Crippen LogP contribution in [0.5, 0.6) is 0 Å². The first-order chi connectivity index (χ1) is 9.20. The lowest BCUT2D eigenvalue weighted by molar-refractivity contribution is -0.133. The summed E-state index contributed by atoms with van der Waals surface area (Å²) in [5, 5.41) is 0. The number of rotatable bonds is 4. The van der Waals surface area contributed by atoms with Gasteiger partial charge < -0.3 is 9.80 Å². The number of hydrogen-bond donors (Lipinski definition) is 0. The Morgan fingerprint density at radius 3 is 2.42 bits per heavy atom. The van der Waals surface area contributed by atoms with Gasteiger partial charge in [0.25, 0.3) is 0 Å². The highest BCUT2D eigenvalue weighted by atomic mass is 16.2. The highest BCUT2D eigenvalue weighted by Gasteiger charge is 2.22. The summed E-state index contributed by atoms with van der Waals surface area (Å²) in [4.78, 5) is 27.3. The van der Waals surface area contributed by atoms with Gasteiger partial charge in [0.2, 0.25) is 5.91 Å². The minimum absolute atomic E-state index is 0.109. The molecule has 1 aromatic rings. The number of carbonyl (C=O) groups excluding carboxylic acids is 2. The second-order valence-electron chi connectivity index (χ2n) is 4.77. The maximum absolute atomic E-state index is 12.2. The summed E-state index contributed by atoms with van der Waals surface area (Å²) in [5.41, 5.74) is 1.06. The molecular formula is C15H20N2O2. The molecule has 19 heavy (non-hydrogen) atoms. The molecule has 0 radical (unpaired) electrons. The molecule has 1 heterocycles. The number of nitrogens with zero attached hydrogens (tertiary/aromatic N) is 2. The van der Waals surface area contributed by atoms with Gasteiger partial charge in [-0.25, -0.2) is 0 Å². The maximum Gasteiger partial charge on any atom is 0.242 e. The Hall–Kier alpha value is -1.84. The molecule has 0 aromatic heterocycles. The normalized spacial score (nSPS) is 15.4. The Kier molecular flexibility index (Phi) is 4.55. The molecule has 4 nitrogen and oxygen atoms in total. The van der Waals surface area contributed by atoms with Gasteiger partial charge in [-0.2, -0.15) is 0 Å². The van der Waals surface area contributed by atoms with Crippen molar-refractivity contribution in [2.24, 2.45) is 0 Å². The van der Waals surface area contributed by atoms with Gasteiger partial charge in [-0.3, -0.25) is 9.59 Å². The molecule has 4 heteroatoms. The summed E-state index contributed by atoms with van der Waals surface area (Å²) in [5.74, 6) is 0.373. The molecule has 1 fully saturated rings. The van der Waals surface area contributed by atoms with E-state index in [1.54, 1.807) is 4.90 Å². The molecule has 1 aliphatic heterocycles. The monoisotopic (exact) mass is 260 g/mol. The molecule has 2 rings (SSSR count). The van der Waals surface area contributed by atoms with Crippen LogP contribution in [-0.2, 0) is 9.59 Å². The van der Waals surface area contributed by atoms with Crippen LogP contribution in [0.1, 0.15) is 19.8 Å². The molecule has 1 amide bonds. The molecule has 0 unspecified atom stereocenters. The topological polar surface area (TPSA) is 40.6 Å². The number of ketones is 1. The van der Waals surface area contributed by atoms with Gasteiger partial charge in [-0.05, 0) is 19.1 Å². The average Bonchev–Trinajstić information content (AvgIpc) is 2.46. The Morgan fingerprint density at radius 1 is 1.21 bits per heavy atom. The second-order valence-corrected chi connectivity index (χ2v) is 4.77. The molecular weight excluding hydrogens is 240 g/mol. The summed E-state index contributed by atoms with van der Waals surface area (Å²) in [7, 11) is 0. The number of hydrogen-bond acceptors (Lipinski definition) is 3. The van der Waals surface area contributed by atoms with Crippen LogP contribution in [-0.4, -0.2) is 42.8 Å². The van der Waals surface area contributed by atoms with Crippen LogP contribution in [0.2, 0.25) is 0 Å². The van der Waals surface area contributed by atoms with Crippen molar-refractivity contribution in [3.8, 4) is 0 Å². The van der Waals surface area contributed by atoms with E-state index in [-0.39, 0.29) is 11.7 Å². The van der Waals surface area contributed by atoms with Crippen molar-refractivity contribution >= 4 is 17.4 Å². The quantitative estimate of drug-likeness (QED) is 0.827. The zero-order valence-corrected chi connectivity index (χ0v) is 11.3. The van der Waals surface area contributed by atoms with E-state index >= 15 is 0 Å². The first-order valence-electron chi connectivity index (χ1n) is 6.80. The Labute approximate surface area is 114 Å². The summed E-state index contributed by atoms with van der Waals surface area (Å²) < 4.78 is 0. The highest BCUT2D eigenvalue weighted by molar-refractivity contribution is 5.85. The fourth-order valence-electron chi connectivity index (χ4n) is 2.29. The summed E-state index contributed by atoms with van der Waals surface area (Å²) in [6.07, 6.45) is 1.01. The number of amides is 1. The first kappa shape index (κ1) is 13.6. The number of Topliss-reactive ketones (excluding diaryl/α,β-unsaturated/α-hetero) is 1. The summed E-state index contributed by atoms with van der Waals surface area (Å²) in [6, 6.07) is 9.94. The van der Waals surface area contributed by atoms with E-state index in [1.807, 2.05) is 37.3 Å². The lowest BCUT2D eigenvalue weighted by Crippen LogP contribution is -2.44. The molecule has 0 saturated carbocycles. The summed E-state index contributed by atoms with van der Waals surface area (Å²) in [6.45, 7) is 4.37. The molecule has 0 bridgehead atoms. The number of likely N-dealkylation sites (tertiary alicyclic amines) is 1. The number of piperidine rings is 1. The fourth-order valence-corrected chi connectivity index (χ4v) is 2.29. The van der Waals surface area contributed by atoms with Crippen LogP contribution in [0.25, 0.3) is 0 Å². The minimum atomic E-state index is 0.109. The van der Waals surface area contributed by atoms with Gasteiger partial charge in [0, 0.05) is 38.2 Å². The number of carbonyl (C=O) groups is 2. The predicted octanol–water partition coefficient (Wildman–Crippen LogP) is 1.70. The second kappa shape index (κ2) is 6.36. The lowest BCUT2D eigenvalue weighted by Gasteiger charge is -2.30. The minimum Gasteiger partial charge on any atom is -0.362 e. The van der Waals surface area contributed by atoms with Crippen LogP contribution >= 0.6 is 0 Å². The smallest absolute Gasteiger partial charge is 0.242 e. The summed E-state index contributed by atoms with van der Waals surface area (Å²) >= 11 is 0. The Morgan fingerprint density at radius 2 is 1.84 bits per heavy atom. The average molecular weight is 260 g/mol. The molecule has 0 N–H and O–H groups in total. The Bertz CT molecular complexity index is 435. The molecule has 0 atom stereocenters. The third kappa shape index (κ3) is 3.56. The lowest BCUT2D eigenvalue weighted by atomic mass is 10.1. The van der Waals surface area contributed by atoms with Crippen molar-refractivity contribution in [2.45, 2.75) is 19.8 Å². The zero-order valence-electron chi connectivity index (χ0n) is 11.3. The van der Waals surface area contributed by atoms with E-state index < -0.39 is 0 Å². The van der Waals surface area contributed by atoms with Gasteiger partial charge in [0.15, 0.2) is 0 Å². The van der Waals surface area contributed by atoms with Crippen molar-refractivity contribution in [3.63, 3.8) is 0 Å². The number of benzene rings is 1. The van der Waals surface area contributed by atoms with Gasteiger partial charge >= 0.3 is 0 Å². The zero-order chi connectivity index (χ0) is 13.7. The highest BCUT2D eigenvalue weighted by Crippen LogP contribution is 2.14. The van der Waals surface area contributed by atoms with Crippen LogP contribution in [0, 0.1) is 0 Å². The van der Waals surface area contributed by atoms with E-state index in [2.05, 4.69) is 4.90 Å². The van der Waals surface area contributed by atoms with Crippen LogP contribution < -0.4 is 4.90 Å². The van der Waals surface area contributed by atoms with Crippen molar-refractivity contribution < 1.29 is 9.59 Å². The number of anilines is 1. The molecule has 1 aliphatic rings. The van der Waals surface area contributed by atoms with Crippen molar-refractivity contribution in [3.05, 3.63) is 30.3 Å². The largest absolute Gasteiger partial charge is 0.362 e. The van der Waals surface area contributed by atoms with Gasteiger partial charge in [-0.1, -0.05) is 18.2 Å². The van der Waals surface area contributed by atoms with Gasteiger partial charge in [0.05, 0.1) is 6.54 Å². The van der Waals surface area contributed by atoms with E-state index in [1.165, 1.54) is 0 Å². The molecule has 1 saturated heterocycles. The fraction of sp³-hybridized carbons (Fsp3) is 0.467. The van der Waals surface area contributed by atoms with E-state index in [9.17, 15) is 9.59 Å². The first-order valence-corrected chi connectivity index (χ1v) is 6.80.